The normalized spacial score (nSPS) is 14.4. The summed E-state index contributed by atoms with van der Waals surface area (Å²) < 4.78 is 53.7. The van der Waals surface area contributed by atoms with Crippen LogP contribution in [0, 0.1) is 11.6 Å². The minimum absolute atomic E-state index is 0.0106. The maximum absolute atomic E-state index is 13.4. The van der Waals surface area contributed by atoms with Crippen molar-refractivity contribution in [2.45, 2.75) is 17.2 Å². The number of carbonyl (C=O) groups excluding carboxylic acids is 1. The van der Waals surface area contributed by atoms with Gasteiger partial charge in [0.2, 0.25) is 0 Å². The van der Waals surface area contributed by atoms with Gasteiger partial charge < -0.3 is 5.32 Å². The molecule has 1 N–H and O–H groups in total. The van der Waals surface area contributed by atoms with Crippen molar-refractivity contribution < 1.29 is 22.0 Å². The molecule has 5 nitrogen and oxygen atoms in total. The smallest absolute Gasteiger partial charge is 0.255 e. The predicted molar refractivity (Wildman–Crippen MR) is 106 cm³/mol. The van der Waals surface area contributed by atoms with E-state index in [0.717, 1.165) is 23.3 Å². The van der Waals surface area contributed by atoms with Crippen molar-refractivity contribution in [1.29, 1.82) is 0 Å². The Kier molecular flexibility index (Phi) is 5.20. The van der Waals surface area contributed by atoms with E-state index in [1.54, 1.807) is 29.6 Å². The van der Waals surface area contributed by atoms with E-state index in [9.17, 15) is 22.0 Å². The number of thiophene rings is 1. The first kappa shape index (κ1) is 19.7. The lowest BCUT2D eigenvalue weighted by Crippen LogP contribution is -2.35. The van der Waals surface area contributed by atoms with Crippen molar-refractivity contribution in [3.63, 3.8) is 0 Å². The average Bonchev–Trinajstić information content (AvgIpc) is 3.25. The van der Waals surface area contributed by atoms with Gasteiger partial charge in [-0.05, 0) is 59.3 Å². The number of nitrogens with one attached hydrogen (secondary N) is 1. The molecule has 29 heavy (non-hydrogen) atoms. The highest BCUT2D eigenvalue weighted by molar-refractivity contribution is 7.91. The lowest BCUT2D eigenvalue weighted by Gasteiger charge is -2.28. The molecule has 0 spiro atoms. The highest BCUT2D eigenvalue weighted by Gasteiger charge is 2.29. The highest BCUT2D eigenvalue weighted by Crippen LogP contribution is 2.29. The first-order chi connectivity index (χ1) is 13.8. The van der Waals surface area contributed by atoms with Crippen molar-refractivity contribution in [2.75, 3.05) is 11.9 Å². The second kappa shape index (κ2) is 7.66. The van der Waals surface area contributed by atoms with E-state index >= 15 is 0 Å². The fourth-order valence-electron chi connectivity index (χ4n) is 3.19. The summed E-state index contributed by atoms with van der Waals surface area (Å²) in [5.41, 5.74) is 2.24. The molecule has 1 aliphatic heterocycles. The monoisotopic (exact) mass is 434 g/mol. The van der Waals surface area contributed by atoms with Crippen molar-refractivity contribution in [1.82, 2.24) is 4.31 Å². The van der Waals surface area contributed by atoms with E-state index in [-0.39, 0.29) is 12.1 Å². The lowest BCUT2D eigenvalue weighted by atomic mass is 10.0. The van der Waals surface area contributed by atoms with Gasteiger partial charge in [0.25, 0.3) is 15.9 Å². The molecule has 150 valence electrons. The molecule has 0 saturated carbocycles. The van der Waals surface area contributed by atoms with E-state index in [2.05, 4.69) is 5.32 Å². The number of hydrogen-bond donors (Lipinski definition) is 1. The van der Waals surface area contributed by atoms with Crippen LogP contribution in [-0.2, 0) is 23.0 Å². The van der Waals surface area contributed by atoms with Gasteiger partial charge in [-0.25, -0.2) is 17.2 Å². The summed E-state index contributed by atoms with van der Waals surface area (Å²) in [5, 5.41) is 4.36. The molecule has 2 aromatic carbocycles. The Morgan fingerprint density at radius 2 is 1.86 bits per heavy atom. The number of nitrogens with zero attached hydrogens (tertiary/aromatic N) is 1. The number of benzene rings is 2. The van der Waals surface area contributed by atoms with Crippen molar-refractivity contribution in [3.05, 3.63) is 82.2 Å². The Morgan fingerprint density at radius 3 is 2.59 bits per heavy atom. The van der Waals surface area contributed by atoms with E-state index in [0.29, 0.717) is 22.9 Å². The molecule has 0 fully saturated rings. The molecule has 0 saturated heterocycles. The summed E-state index contributed by atoms with van der Waals surface area (Å²) in [6.07, 6.45) is 0.567. The third-order valence-corrected chi connectivity index (χ3v) is 7.93. The number of carbonyl (C=O) groups is 1. The molecular formula is C20H16F2N2O3S2. The van der Waals surface area contributed by atoms with Crippen molar-refractivity contribution in [2.24, 2.45) is 0 Å². The molecule has 1 aromatic heterocycles. The number of fused-ring (bicyclic) bond motifs is 1. The molecule has 4 rings (SSSR count). The van der Waals surface area contributed by atoms with Gasteiger partial charge in [-0.1, -0.05) is 12.1 Å². The van der Waals surface area contributed by atoms with Crippen LogP contribution < -0.4 is 5.32 Å². The van der Waals surface area contributed by atoms with Gasteiger partial charge in [0.05, 0.1) is 0 Å². The summed E-state index contributed by atoms with van der Waals surface area (Å²) in [5.74, 6) is -2.71. The number of halogens is 2. The van der Waals surface area contributed by atoms with Crippen LogP contribution in [0.5, 0.6) is 0 Å². The Hall–Kier alpha value is -2.62. The van der Waals surface area contributed by atoms with Crippen LogP contribution in [0.15, 0.2) is 58.1 Å². The molecule has 3 aromatic rings. The van der Waals surface area contributed by atoms with E-state index in [1.807, 2.05) is 6.07 Å². The highest BCUT2D eigenvalue weighted by atomic mass is 32.2. The van der Waals surface area contributed by atoms with Gasteiger partial charge in [-0.15, -0.1) is 11.3 Å². The maximum atomic E-state index is 13.4. The zero-order valence-electron chi connectivity index (χ0n) is 15.1. The maximum Gasteiger partial charge on any atom is 0.255 e. The van der Waals surface area contributed by atoms with Crippen LogP contribution in [0.1, 0.15) is 21.5 Å². The molecule has 2 heterocycles. The lowest BCUT2D eigenvalue weighted by molar-refractivity contribution is 0.102. The largest absolute Gasteiger partial charge is 0.322 e. The van der Waals surface area contributed by atoms with Crippen molar-refractivity contribution >= 4 is 33.0 Å². The molecule has 1 aliphatic rings. The van der Waals surface area contributed by atoms with Crippen LogP contribution in [0.25, 0.3) is 0 Å². The average molecular weight is 434 g/mol. The molecule has 9 heteroatoms. The zero-order chi connectivity index (χ0) is 20.6. The summed E-state index contributed by atoms with van der Waals surface area (Å²) in [6, 6.07) is 11.5. The summed E-state index contributed by atoms with van der Waals surface area (Å²) in [4.78, 5) is 12.3. The van der Waals surface area contributed by atoms with E-state index in [4.69, 9.17) is 0 Å². The van der Waals surface area contributed by atoms with E-state index < -0.39 is 27.6 Å². The fraction of sp³-hybridized carbons (Fsp3) is 0.150. The number of rotatable bonds is 4. The summed E-state index contributed by atoms with van der Waals surface area (Å²) in [7, 11) is -3.56. The molecular weight excluding hydrogens is 418 g/mol. The van der Waals surface area contributed by atoms with Gasteiger partial charge in [-0.2, -0.15) is 4.31 Å². The van der Waals surface area contributed by atoms with Gasteiger partial charge in [0, 0.05) is 24.3 Å². The number of sulfonamides is 1. The van der Waals surface area contributed by atoms with Crippen LogP contribution in [0.2, 0.25) is 0 Å². The molecule has 1 amide bonds. The Labute approximate surface area is 170 Å². The van der Waals surface area contributed by atoms with Gasteiger partial charge in [0.1, 0.15) is 4.21 Å². The standard InChI is InChI=1S/C20H16F2N2O3S2/c21-17-6-4-14(11-18(17)22)20(25)23-16-5-3-13-7-8-24(12-15(13)10-16)29(26,27)19-2-1-9-28-19/h1-6,9-11H,7-8,12H2,(H,23,25). The zero-order valence-corrected chi connectivity index (χ0v) is 16.7. The first-order valence-electron chi connectivity index (χ1n) is 8.76. The third-order valence-electron chi connectivity index (χ3n) is 4.71. The quantitative estimate of drug-likeness (QED) is 0.674. The Morgan fingerprint density at radius 1 is 1.03 bits per heavy atom. The molecule has 0 radical (unpaired) electrons. The molecule has 0 unspecified atom stereocenters. The van der Waals surface area contributed by atoms with Gasteiger partial charge in [0.15, 0.2) is 11.6 Å². The Balaban J connectivity index is 1.54. The van der Waals surface area contributed by atoms with Crippen molar-refractivity contribution in [3.8, 4) is 0 Å². The third kappa shape index (κ3) is 3.93. The van der Waals surface area contributed by atoms with Crippen LogP contribution in [0.4, 0.5) is 14.5 Å². The van der Waals surface area contributed by atoms with Crippen LogP contribution in [-0.4, -0.2) is 25.2 Å². The summed E-state index contributed by atoms with van der Waals surface area (Å²) >= 11 is 1.17. The second-order valence-electron chi connectivity index (χ2n) is 6.59. The van der Waals surface area contributed by atoms with Crippen LogP contribution in [0.3, 0.4) is 0 Å². The predicted octanol–water partition coefficient (Wildman–Crippen LogP) is 4.03. The van der Waals surface area contributed by atoms with E-state index in [1.165, 1.54) is 21.7 Å². The first-order valence-corrected chi connectivity index (χ1v) is 11.1. The second-order valence-corrected chi connectivity index (χ2v) is 9.70. The number of amides is 1. The van der Waals surface area contributed by atoms with Gasteiger partial charge in [-0.3, -0.25) is 4.79 Å². The fourth-order valence-corrected chi connectivity index (χ4v) is 5.76. The minimum atomic E-state index is -3.56. The topological polar surface area (TPSA) is 66.5 Å². The Bertz CT molecular complexity index is 1180. The SMILES string of the molecule is O=C(Nc1ccc2c(c1)CN(S(=O)(=O)c1cccs1)CC2)c1ccc(F)c(F)c1. The molecule has 0 atom stereocenters. The number of anilines is 1. The molecule has 0 aliphatic carbocycles. The summed E-state index contributed by atoms with van der Waals surface area (Å²) in [6.45, 7) is 0.582. The minimum Gasteiger partial charge on any atom is -0.322 e. The molecule has 0 bridgehead atoms. The number of hydrogen-bond acceptors (Lipinski definition) is 4. The van der Waals surface area contributed by atoms with Gasteiger partial charge >= 0.3 is 0 Å². The van der Waals surface area contributed by atoms with Crippen LogP contribution >= 0.6 is 11.3 Å².